The van der Waals surface area contributed by atoms with Gasteiger partial charge in [0.15, 0.2) is 11.5 Å². The van der Waals surface area contributed by atoms with E-state index in [4.69, 9.17) is 21.1 Å². The third-order valence-electron chi connectivity index (χ3n) is 3.40. The first-order valence-corrected chi connectivity index (χ1v) is 9.16. The summed E-state index contributed by atoms with van der Waals surface area (Å²) in [6, 6.07) is 14.2. The summed E-state index contributed by atoms with van der Waals surface area (Å²) in [6.45, 7) is 0.437. The zero-order valence-corrected chi connectivity index (χ0v) is 13.8. The van der Waals surface area contributed by atoms with Gasteiger partial charge < -0.3 is 9.47 Å². The number of benzene rings is 2. The molecule has 122 valence electrons. The molecule has 1 N–H and O–H groups in total. The third kappa shape index (κ3) is 4.16. The molecule has 1 heterocycles. The van der Waals surface area contributed by atoms with Gasteiger partial charge >= 0.3 is 0 Å². The highest BCUT2D eigenvalue weighted by molar-refractivity contribution is 7.88. The molecule has 0 saturated carbocycles. The van der Waals surface area contributed by atoms with Crippen molar-refractivity contribution in [3.8, 4) is 11.5 Å². The molecule has 3 rings (SSSR count). The largest absolute Gasteiger partial charge is 0.486 e. The average Bonchev–Trinajstić information content (AvgIpc) is 2.55. The van der Waals surface area contributed by atoms with Crippen molar-refractivity contribution in [2.45, 2.75) is 11.9 Å². The topological polar surface area (TPSA) is 64.6 Å². The predicted octanol–water partition coefficient (Wildman–Crippen LogP) is 2.60. The van der Waals surface area contributed by atoms with Gasteiger partial charge in [0.2, 0.25) is 10.0 Å². The molecule has 0 aliphatic carbocycles. The molecule has 0 amide bonds. The van der Waals surface area contributed by atoms with Crippen molar-refractivity contribution in [2.75, 3.05) is 13.2 Å². The van der Waals surface area contributed by atoms with E-state index in [9.17, 15) is 8.42 Å². The molecular formula is C16H16ClNO4S. The average molecular weight is 354 g/mol. The summed E-state index contributed by atoms with van der Waals surface area (Å²) < 4.78 is 38.2. The molecule has 7 heteroatoms. The molecule has 1 aliphatic heterocycles. The normalized spacial score (nSPS) is 17.0. The van der Waals surface area contributed by atoms with Crippen LogP contribution in [0.15, 0.2) is 48.5 Å². The number of para-hydroxylation sites is 2. The molecule has 1 aliphatic rings. The van der Waals surface area contributed by atoms with Crippen LogP contribution in [0, 0.1) is 0 Å². The predicted molar refractivity (Wildman–Crippen MR) is 88.4 cm³/mol. The lowest BCUT2D eigenvalue weighted by atomic mass is 10.2. The Morgan fingerprint density at radius 1 is 1.09 bits per heavy atom. The van der Waals surface area contributed by atoms with Gasteiger partial charge in [-0.05, 0) is 23.8 Å². The van der Waals surface area contributed by atoms with Gasteiger partial charge in [-0.1, -0.05) is 41.9 Å². The number of halogens is 1. The Morgan fingerprint density at radius 2 is 1.78 bits per heavy atom. The first-order valence-electron chi connectivity index (χ1n) is 7.13. The van der Waals surface area contributed by atoms with E-state index in [2.05, 4.69) is 4.72 Å². The fourth-order valence-electron chi connectivity index (χ4n) is 2.25. The zero-order valence-electron chi connectivity index (χ0n) is 12.2. The molecule has 2 aromatic rings. The minimum Gasteiger partial charge on any atom is -0.486 e. The number of hydrogen-bond acceptors (Lipinski definition) is 4. The van der Waals surface area contributed by atoms with Crippen LogP contribution in [0.25, 0.3) is 0 Å². The molecule has 0 spiro atoms. The maximum atomic E-state index is 12.2. The van der Waals surface area contributed by atoms with E-state index < -0.39 is 10.0 Å². The second-order valence-electron chi connectivity index (χ2n) is 5.20. The molecule has 0 aromatic heterocycles. The zero-order chi connectivity index (χ0) is 16.3. The van der Waals surface area contributed by atoms with Gasteiger partial charge in [0.25, 0.3) is 0 Å². The number of rotatable bonds is 5. The van der Waals surface area contributed by atoms with Gasteiger partial charge in [0.1, 0.15) is 12.7 Å². The van der Waals surface area contributed by atoms with Crippen LogP contribution in [0.2, 0.25) is 5.02 Å². The van der Waals surface area contributed by atoms with Gasteiger partial charge in [-0.3, -0.25) is 0 Å². The Hall–Kier alpha value is -1.76. The van der Waals surface area contributed by atoms with Crippen LogP contribution in [0.3, 0.4) is 0 Å². The summed E-state index contributed by atoms with van der Waals surface area (Å²) >= 11 is 6.00. The second-order valence-corrected chi connectivity index (χ2v) is 7.41. The van der Waals surface area contributed by atoms with Crippen molar-refractivity contribution < 1.29 is 17.9 Å². The molecule has 23 heavy (non-hydrogen) atoms. The maximum Gasteiger partial charge on any atom is 0.215 e. The van der Waals surface area contributed by atoms with E-state index in [0.717, 1.165) is 0 Å². The molecule has 1 atom stereocenters. The Morgan fingerprint density at radius 3 is 2.57 bits per heavy atom. The smallest absolute Gasteiger partial charge is 0.215 e. The van der Waals surface area contributed by atoms with Gasteiger partial charge in [0, 0.05) is 5.02 Å². The van der Waals surface area contributed by atoms with Crippen LogP contribution < -0.4 is 14.2 Å². The Labute approximate surface area is 140 Å². The summed E-state index contributed by atoms with van der Waals surface area (Å²) in [4.78, 5) is 0. The van der Waals surface area contributed by atoms with E-state index in [-0.39, 0.29) is 18.4 Å². The highest BCUT2D eigenvalue weighted by atomic mass is 35.5. The molecular weight excluding hydrogens is 338 g/mol. The first-order chi connectivity index (χ1) is 11.0. The van der Waals surface area contributed by atoms with E-state index in [1.165, 1.54) is 0 Å². The fourth-order valence-corrected chi connectivity index (χ4v) is 3.74. The van der Waals surface area contributed by atoms with E-state index in [1.54, 1.807) is 30.3 Å². The van der Waals surface area contributed by atoms with Gasteiger partial charge in [-0.2, -0.15) is 0 Å². The lowest BCUT2D eigenvalue weighted by molar-refractivity contribution is 0.0943. The van der Waals surface area contributed by atoms with Crippen LogP contribution in [0.1, 0.15) is 5.56 Å². The van der Waals surface area contributed by atoms with Crippen molar-refractivity contribution in [1.29, 1.82) is 0 Å². The Bertz CT molecular complexity index is 794. The number of hydrogen-bond donors (Lipinski definition) is 1. The van der Waals surface area contributed by atoms with Crippen molar-refractivity contribution in [3.63, 3.8) is 0 Å². The molecule has 0 saturated heterocycles. The van der Waals surface area contributed by atoms with Gasteiger partial charge in [-0.15, -0.1) is 0 Å². The van der Waals surface area contributed by atoms with Crippen LogP contribution in [0.5, 0.6) is 11.5 Å². The second kappa shape index (κ2) is 6.78. The SMILES string of the molecule is O=S(=O)(Cc1ccccc1Cl)NCC1COc2ccccc2O1. The van der Waals surface area contributed by atoms with E-state index in [0.29, 0.717) is 28.7 Å². The van der Waals surface area contributed by atoms with Crippen LogP contribution in [-0.4, -0.2) is 27.7 Å². The standard InChI is InChI=1S/C16H16ClNO4S/c17-14-6-2-1-5-12(14)11-23(19,20)18-9-13-10-21-15-7-3-4-8-16(15)22-13/h1-8,13,18H,9-11H2. The summed E-state index contributed by atoms with van der Waals surface area (Å²) in [6.07, 6.45) is -0.370. The number of sulfonamides is 1. The fraction of sp³-hybridized carbons (Fsp3) is 0.250. The Kier molecular flexibility index (Phi) is 4.75. The molecule has 0 fully saturated rings. The lowest BCUT2D eigenvalue weighted by Gasteiger charge is -2.26. The summed E-state index contributed by atoms with van der Waals surface area (Å²) in [5.74, 6) is 1.12. The Balaban J connectivity index is 1.59. The van der Waals surface area contributed by atoms with Crippen molar-refractivity contribution in [2.24, 2.45) is 0 Å². The lowest BCUT2D eigenvalue weighted by Crippen LogP contribution is -2.41. The van der Waals surface area contributed by atoms with Crippen molar-refractivity contribution >= 4 is 21.6 Å². The van der Waals surface area contributed by atoms with Crippen LogP contribution >= 0.6 is 11.6 Å². The number of nitrogens with one attached hydrogen (secondary N) is 1. The molecule has 2 aromatic carbocycles. The number of fused-ring (bicyclic) bond motifs is 1. The van der Waals surface area contributed by atoms with Gasteiger partial charge in [-0.25, -0.2) is 13.1 Å². The van der Waals surface area contributed by atoms with Crippen LogP contribution in [-0.2, 0) is 15.8 Å². The first kappa shape index (κ1) is 16.1. The summed E-state index contributed by atoms with van der Waals surface area (Å²) in [5.41, 5.74) is 0.563. The highest BCUT2D eigenvalue weighted by Crippen LogP contribution is 2.30. The van der Waals surface area contributed by atoms with Crippen molar-refractivity contribution in [3.05, 3.63) is 59.1 Å². The van der Waals surface area contributed by atoms with Gasteiger partial charge in [0.05, 0.1) is 12.3 Å². The minimum atomic E-state index is -3.50. The number of ether oxygens (including phenoxy) is 2. The molecule has 0 radical (unpaired) electrons. The monoisotopic (exact) mass is 353 g/mol. The summed E-state index contributed by atoms with van der Waals surface area (Å²) in [5, 5.41) is 0.434. The third-order valence-corrected chi connectivity index (χ3v) is 5.07. The molecule has 5 nitrogen and oxygen atoms in total. The minimum absolute atomic E-state index is 0.140. The molecule has 0 bridgehead atoms. The highest BCUT2D eigenvalue weighted by Gasteiger charge is 2.23. The van der Waals surface area contributed by atoms with Crippen LogP contribution in [0.4, 0.5) is 0 Å². The maximum absolute atomic E-state index is 12.2. The van der Waals surface area contributed by atoms with Crippen molar-refractivity contribution in [1.82, 2.24) is 4.72 Å². The van der Waals surface area contributed by atoms with E-state index in [1.807, 2.05) is 18.2 Å². The quantitative estimate of drug-likeness (QED) is 0.897. The molecule has 1 unspecified atom stereocenters. The summed E-state index contributed by atoms with van der Waals surface area (Å²) in [7, 11) is -3.50. The van der Waals surface area contributed by atoms with E-state index >= 15 is 0 Å².